The summed E-state index contributed by atoms with van der Waals surface area (Å²) in [5.41, 5.74) is -11.4. The van der Waals surface area contributed by atoms with Crippen molar-refractivity contribution >= 4 is 38.1 Å². The Kier molecular flexibility index (Phi) is 4.18. The number of hydrogen-bond acceptors (Lipinski definition) is 3. The van der Waals surface area contributed by atoms with Gasteiger partial charge in [-0.2, -0.15) is 38.4 Å². The molecule has 1 aromatic carbocycles. The van der Waals surface area contributed by atoms with Crippen molar-refractivity contribution in [1.29, 1.82) is 0 Å². The lowest BCUT2D eigenvalue weighted by Crippen LogP contribution is -2.32. The van der Waals surface area contributed by atoms with Crippen LogP contribution in [0.4, 0.5) is 26.3 Å². The van der Waals surface area contributed by atoms with Crippen molar-refractivity contribution in [3.8, 4) is 0 Å². The first-order chi connectivity index (χ1) is 11.3. The van der Waals surface area contributed by atoms with E-state index in [0.717, 1.165) is 12.1 Å². The highest BCUT2D eigenvalue weighted by molar-refractivity contribution is 8.37. The molecule has 3 rings (SSSR count). The highest BCUT2D eigenvalue weighted by atomic mass is 35.5. The van der Waals surface area contributed by atoms with Crippen LogP contribution in [0.5, 0.6) is 0 Å². The molecule has 3 nitrogen and oxygen atoms in total. The van der Waals surface area contributed by atoms with Gasteiger partial charge in [0.1, 0.15) is 0 Å². The zero-order chi connectivity index (χ0) is 18.8. The SMILES string of the molecule is O=S(=O)(OS1(C(F)(F)F)C(C2CC2)=Cc2ccc(Cl)cc21)C(F)(F)F. The third-order valence-corrected chi connectivity index (χ3v) is 8.77. The monoisotopic (exact) mass is 426 g/mol. The van der Waals surface area contributed by atoms with E-state index in [0.29, 0.717) is 12.8 Å². The molecule has 1 aliphatic heterocycles. The number of allylic oxidation sites excluding steroid dienone is 1. The second-order valence-electron chi connectivity index (χ2n) is 5.47. The summed E-state index contributed by atoms with van der Waals surface area (Å²) < 4.78 is 107. The zero-order valence-corrected chi connectivity index (χ0v) is 14.4. The van der Waals surface area contributed by atoms with Crippen molar-refractivity contribution in [2.75, 3.05) is 0 Å². The van der Waals surface area contributed by atoms with Gasteiger partial charge in [-0.15, -0.1) is 0 Å². The van der Waals surface area contributed by atoms with E-state index in [1.165, 1.54) is 12.1 Å². The van der Waals surface area contributed by atoms with Crippen LogP contribution < -0.4 is 0 Å². The summed E-state index contributed by atoms with van der Waals surface area (Å²) in [5, 5.41) is -0.168. The first-order valence-electron chi connectivity index (χ1n) is 6.73. The number of rotatable bonds is 3. The van der Waals surface area contributed by atoms with E-state index >= 15 is 0 Å². The van der Waals surface area contributed by atoms with Gasteiger partial charge in [0.05, 0.1) is 0 Å². The van der Waals surface area contributed by atoms with E-state index in [2.05, 4.69) is 3.63 Å². The molecule has 1 unspecified atom stereocenters. The maximum absolute atomic E-state index is 14.0. The number of halogens is 7. The third-order valence-electron chi connectivity index (χ3n) is 3.70. The molecule has 0 radical (unpaired) electrons. The Labute approximate surface area is 145 Å². The highest BCUT2D eigenvalue weighted by Gasteiger charge is 2.65. The molecule has 1 atom stereocenters. The largest absolute Gasteiger partial charge is 0.523 e. The molecular formula is C13H9ClF6O3S2. The molecule has 12 heteroatoms. The van der Waals surface area contributed by atoms with Crippen molar-refractivity contribution in [3.05, 3.63) is 33.7 Å². The van der Waals surface area contributed by atoms with Gasteiger partial charge in [-0.05, 0) is 42.5 Å². The summed E-state index contributed by atoms with van der Waals surface area (Å²) in [4.78, 5) is -1.15. The lowest BCUT2D eigenvalue weighted by molar-refractivity contribution is -0.0546. The van der Waals surface area contributed by atoms with Crippen LogP contribution in [-0.4, -0.2) is 19.4 Å². The fourth-order valence-corrected chi connectivity index (χ4v) is 7.56. The fraction of sp³-hybridized carbons (Fsp3) is 0.385. The number of benzene rings is 1. The van der Waals surface area contributed by atoms with Gasteiger partial charge in [-0.25, -0.2) is 0 Å². The van der Waals surface area contributed by atoms with E-state index < -0.39 is 47.2 Å². The molecule has 1 saturated carbocycles. The zero-order valence-electron chi connectivity index (χ0n) is 12.0. The smallest absolute Gasteiger partial charge is 0.196 e. The van der Waals surface area contributed by atoms with Gasteiger partial charge in [-0.1, -0.05) is 17.7 Å². The third kappa shape index (κ3) is 2.94. The topological polar surface area (TPSA) is 43.4 Å². The van der Waals surface area contributed by atoms with Crippen LogP contribution in [-0.2, 0) is 13.7 Å². The summed E-state index contributed by atoms with van der Waals surface area (Å²) >= 11 is 5.70. The van der Waals surface area contributed by atoms with Crippen molar-refractivity contribution in [2.45, 2.75) is 28.8 Å². The summed E-state index contributed by atoms with van der Waals surface area (Å²) in [6, 6.07) is 3.28. The summed E-state index contributed by atoms with van der Waals surface area (Å²) in [5.74, 6) is -0.675. The molecule has 2 aliphatic rings. The molecule has 0 amide bonds. The first-order valence-corrected chi connectivity index (χ1v) is 10.1. The van der Waals surface area contributed by atoms with Crippen LogP contribution in [0.1, 0.15) is 18.4 Å². The van der Waals surface area contributed by atoms with E-state index in [1.54, 1.807) is 0 Å². The minimum Gasteiger partial charge on any atom is -0.196 e. The second kappa shape index (κ2) is 5.54. The van der Waals surface area contributed by atoms with Crippen molar-refractivity contribution < 1.29 is 38.4 Å². The van der Waals surface area contributed by atoms with Crippen molar-refractivity contribution in [3.63, 3.8) is 0 Å². The van der Waals surface area contributed by atoms with Gasteiger partial charge in [0.25, 0.3) is 0 Å². The van der Waals surface area contributed by atoms with Gasteiger partial charge < -0.3 is 0 Å². The van der Waals surface area contributed by atoms with E-state index in [4.69, 9.17) is 11.6 Å². The molecule has 140 valence electrons. The van der Waals surface area contributed by atoms with Crippen LogP contribution in [0.2, 0.25) is 5.02 Å². The predicted molar refractivity (Wildman–Crippen MR) is 80.1 cm³/mol. The first kappa shape index (κ1) is 18.9. The number of hydrogen-bond donors (Lipinski definition) is 0. The molecule has 0 N–H and O–H groups in total. The predicted octanol–water partition coefficient (Wildman–Crippen LogP) is 5.57. The molecule has 25 heavy (non-hydrogen) atoms. The Balaban J connectivity index is 2.28. The highest BCUT2D eigenvalue weighted by Crippen LogP contribution is 2.81. The van der Waals surface area contributed by atoms with E-state index in [-0.39, 0.29) is 10.6 Å². The van der Waals surface area contributed by atoms with Crippen LogP contribution >= 0.6 is 21.9 Å². The molecule has 1 aliphatic carbocycles. The van der Waals surface area contributed by atoms with Crippen LogP contribution in [0.25, 0.3) is 6.08 Å². The van der Waals surface area contributed by atoms with Crippen LogP contribution in [0, 0.1) is 5.92 Å². The van der Waals surface area contributed by atoms with Crippen LogP contribution in [0.15, 0.2) is 28.0 Å². The normalized spacial score (nSPS) is 26.8. The average Bonchev–Trinajstić information content (AvgIpc) is 3.21. The Hall–Kier alpha value is -0.910. The standard InChI is InChI=1S/C13H9ClF6O3S2/c14-9-4-3-8-5-10(7-1-2-7)24(11(8)6-9,12(15,16)17)23-25(21,22)13(18,19)20/h3-7H,1-2H2. The van der Waals surface area contributed by atoms with Gasteiger partial charge in [-0.3, -0.25) is 0 Å². The molecule has 0 saturated heterocycles. The van der Waals surface area contributed by atoms with Gasteiger partial charge in [0.15, 0.2) is 0 Å². The molecule has 1 aromatic rings. The Bertz CT molecular complexity index is 857. The number of alkyl halides is 6. The summed E-state index contributed by atoms with van der Waals surface area (Å²) in [6.45, 7) is 0. The average molecular weight is 427 g/mol. The van der Waals surface area contributed by atoms with E-state index in [9.17, 15) is 34.8 Å². The summed E-state index contributed by atoms with van der Waals surface area (Å²) in [7, 11) is -11.4. The van der Waals surface area contributed by atoms with E-state index in [1.807, 2.05) is 0 Å². The Morgan fingerprint density at radius 2 is 1.72 bits per heavy atom. The molecule has 0 bridgehead atoms. The van der Waals surface area contributed by atoms with Crippen LogP contribution in [0.3, 0.4) is 0 Å². The molecule has 1 fully saturated rings. The summed E-state index contributed by atoms with van der Waals surface area (Å²) in [6.07, 6.45) is 1.69. The maximum atomic E-state index is 14.0. The Morgan fingerprint density at radius 1 is 1.12 bits per heavy atom. The Morgan fingerprint density at radius 3 is 2.20 bits per heavy atom. The molecular weight excluding hydrogens is 418 g/mol. The lowest BCUT2D eigenvalue weighted by Gasteiger charge is -2.39. The van der Waals surface area contributed by atoms with Gasteiger partial charge >= 0.3 is 21.1 Å². The van der Waals surface area contributed by atoms with Crippen molar-refractivity contribution in [1.82, 2.24) is 0 Å². The fourth-order valence-electron chi connectivity index (χ4n) is 2.51. The maximum Gasteiger partial charge on any atom is 0.523 e. The number of fused-ring (bicyclic) bond motifs is 1. The lowest BCUT2D eigenvalue weighted by atomic mass is 10.2. The van der Waals surface area contributed by atoms with Crippen molar-refractivity contribution in [2.24, 2.45) is 5.92 Å². The second-order valence-corrected chi connectivity index (χ2v) is 10.3. The quantitative estimate of drug-likeness (QED) is 0.469. The molecule has 0 spiro atoms. The van der Waals surface area contributed by atoms with Gasteiger partial charge in [0.2, 0.25) is 0 Å². The minimum atomic E-state index is -6.48. The molecule has 1 heterocycles. The minimum absolute atomic E-state index is 0.0454. The molecule has 0 aromatic heterocycles. The van der Waals surface area contributed by atoms with Gasteiger partial charge in [0, 0.05) is 25.1 Å².